The van der Waals surface area contributed by atoms with Gasteiger partial charge in [0.25, 0.3) is 5.91 Å². The van der Waals surface area contributed by atoms with Gasteiger partial charge >= 0.3 is 0 Å². The third-order valence-electron chi connectivity index (χ3n) is 4.33. The molecule has 2 aromatic carbocycles. The van der Waals surface area contributed by atoms with Gasteiger partial charge in [-0.15, -0.1) is 0 Å². The van der Waals surface area contributed by atoms with Gasteiger partial charge in [0.05, 0.1) is 49.6 Å². The number of benzene rings is 2. The molecule has 0 atom stereocenters. The fourth-order valence-corrected chi connectivity index (χ4v) is 3.07. The van der Waals surface area contributed by atoms with Crippen LogP contribution in [-0.4, -0.2) is 45.7 Å². The number of amides is 1. The molecule has 6 heteroatoms. The van der Waals surface area contributed by atoms with Gasteiger partial charge in [0, 0.05) is 0 Å². The zero-order valence-corrected chi connectivity index (χ0v) is 15.1. The Hall–Kier alpha value is -2.24. The minimum atomic E-state index is -0.202. The Kier molecular flexibility index (Phi) is 5.79. The van der Waals surface area contributed by atoms with Crippen LogP contribution in [0.5, 0.6) is 5.75 Å². The highest BCUT2D eigenvalue weighted by molar-refractivity contribution is 6.32. The molecule has 1 amide bonds. The van der Waals surface area contributed by atoms with Crippen LogP contribution in [0.3, 0.4) is 0 Å². The third kappa shape index (κ3) is 4.65. The van der Waals surface area contributed by atoms with Gasteiger partial charge in [0.1, 0.15) is 5.75 Å². The smallest absolute Gasteiger partial charge is 0.262 e. The number of rotatable bonds is 5. The van der Waals surface area contributed by atoms with E-state index < -0.39 is 0 Å². The number of hydrogen-bond acceptors (Lipinski definition) is 3. The first-order chi connectivity index (χ1) is 12.1. The second-order valence-corrected chi connectivity index (χ2v) is 6.64. The lowest BCUT2D eigenvalue weighted by Crippen LogP contribution is -3.12. The van der Waals surface area contributed by atoms with E-state index in [1.165, 1.54) is 4.90 Å². The quantitative estimate of drug-likeness (QED) is 0.853. The monoisotopic (exact) mass is 360 g/mol. The number of piperazine rings is 1. The highest BCUT2D eigenvalue weighted by Gasteiger charge is 2.19. The molecule has 2 aromatic rings. The van der Waals surface area contributed by atoms with Crippen LogP contribution in [-0.2, 0) is 4.79 Å². The van der Waals surface area contributed by atoms with Crippen LogP contribution in [0.1, 0.15) is 0 Å². The molecule has 0 aliphatic carbocycles. The van der Waals surface area contributed by atoms with Crippen molar-refractivity contribution in [2.45, 2.75) is 0 Å². The van der Waals surface area contributed by atoms with E-state index in [0.717, 1.165) is 37.6 Å². The fourth-order valence-electron chi connectivity index (χ4n) is 2.88. The van der Waals surface area contributed by atoms with Crippen molar-refractivity contribution in [1.29, 1.82) is 0 Å². The summed E-state index contributed by atoms with van der Waals surface area (Å²) in [4.78, 5) is 16.1. The topological polar surface area (TPSA) is 46.0 Å². The van der Waals surface area contributed by atoms with Gasteiger partial charge in [-0.2, -0.15) is 0 Å². The number of nitrogens with zero attached hydrogens (tertiary/aromatic N) is 1. The molecule has 1 saturated heterocycles. The molecule has 1 aliphatic rings. The number of carbonyl (C=O) groups is 1. The summed E-state index contributed by atoms with van der Waals surface area (Å²) in [6, 6.07) is 15.0. The summed E-state index contributed by atoms with van der Waals surface area (Å²) in [5.41, 5.74) is 1.87. The maximum atomic E-state index is 12.3. The lowest BCUT2D eigenvalue weighted by atomic mass is 10.2. The highest BCUT2D eigenvalue weighted by atomic mass is 35.5. The largest absolute Gasteiger partial charge is 0.482 e. The van der Waals surface area contributed by atoms with Crippen molar-refractivity contribution in [2.24, 2.45) is 0 Å². The molecule has 25 heavy (non-hydrogen) atoms. The lowest BCUT2D eigenvalue weighted by Gasteiger charge is -2.33. The minimum Gasteiger partial charge on any atom is -0.482 e. The van der Waals surface area contributed by atoms with Gasteiger partial charge < -0.3 is 19.9 Å². The maximum Gasteiger partial charge on any atom is 0.262 e. The molecule has 0 spiro atoms. The average molecular weight is 361 g/mol. The number of anilines is 2. The highest BCUT2D eigenvalue weighted by Crippen LogP contribution is 2.26. The van der Waals surface area contributed by atoms with Crippen molar-refractivity contribution < 1.29 is 14.4 Å². The Balaban J connectivity index is 1.62. The fraction of sp³-hybridized carbons (Fsp3) is 0.316. The van der Waals surface area contributed by atoms with Crippen LogP contribution in [0.25, 0.3) is 0 Å². The van der Waals surface area contributed by atoms with Crippen molar-refractivity contribution in [3.05, 3.63) is 53.6 Å². The lowest BCUT2D eigenvalue weighted by molar-refractivity contribution is -0.880. The number of hydrogen-bond donors (Lipinski definition) is 2. The van der Waals surface area contributed by atoms with Crippen LogP contribution in [0.2, 0.25) is 5.02 Å². The summed E-state index contributed by atoms with van der Waals surface area (Å²) in [5, 5.41) is 3.45. The van der Waals surface area contributed by atoms with E-state index in [1.807, 2.05) is 36.4 Å². The SMILES string of the molecule is C[NH+]1CCN(c2ccccc2NC(=O)COc2ccccc2Cl)CC1. The second kappa shape index (κ2) is 8.23. The van der Waals surface area contributed by atoms with Crippen molar-refractivity contribution in [3.63, 3.8) is 0 Å². The Morgan fingerprint density at radius 2 is 1.84 bits per heavy atom. The van der Waals surface area contributed by atoms with E-state index in [-0.39, 0.29) is 12.5 Å². The molecule has 132 valence electrons. The molecule has 0 unspecified atom stereocenters. The summed E-state index contributed by atoms with van der Waals surface area (Å²) in [5.74, 6) is 0.307. The standard InChI is InChI=1S/C19H22ClN3O2/c1-22-10-12-23(13-11-22)17-8-4-3-7-16(17)21-19(24)14-25-18-9-5-2-6-15(18)20/h2-9H,10-14H2,1H3,(H,21,24)/p+1. The molecule has 2 N–H and O–H groups in total. The Bertz CT molecular complexity index is 730. The first-order valence-corrected chi connectivity index (χ1v) is 8.84. The van der Waals surface area contributed by atoms with Crippen LogP contribution < -0.4 is 19.9 Å². The predicted octanol–water partition coefficient (Wildman–Crippen LogP) is 1.69. The normalized spacial score (nSPS) is 15.0. The number of halogens is 1. The molecule has 1 fully saturated rings. The average Bonchev–Trinajstić information content (AvgIpc) is 2.62. The first-order valence-electron chi connectivity index (χ1n) is 8.46. The molecule has 0 bridgehead atoms. The number of carbonyl (C=O) groups excluding carboxylic acids is 1. The molecule has 1 aliphatic heterocycles. The number of ether oxygens (including phenoxy) is 1. The van der Waals surface area contributed by atoms with Gasteiger partial charge in [-0.25, -0.2) is 0 Å². The van der Waals surface area contributed by atoms with E-state index >= 15 is 0 Å². The maximum absolute atomic E-state index is 12.3. The van der Waals surface area contributed by atoms with Gasteiger partial charge in [-0.3, -0.25) is 4.79 Å². The predicted molar refractivity (Wildman–Crippen MR) is 101 cm³/mol. The summed E-state index contributed by atoms with van der Waals surface area (Å²) < 4.78 is 5.51. The van der Waals surface area contributed by atoms with Crippen LogP contribution in [0.4, 0.5) is 11.4 Å². The minimum absolute atomic E-state index is 0.0784. The molecular weight excluding hydrogens is 338 g/mol. The van der Waals surface area contributed by atoms with Crippen molar-refractivity contribution in [3.8, 4) is 5.75 Å². The summed E-state index contributed by atoms with van der Waals surface area (Å²) >= 11 is 6.04. The van der Waals surface area contributed by atoms with E-state index in [4.69, 9.17) is 16.3 Å². The van der Waals surface area contributed by atoms with Crippen molar-refractivity contribution in [1.82, 2.24) is 0 Å². The molecule has 0 aromatic heterocycles. The zero-order chi connectivity index (χ0) is 17.6. The van der Waals surface area contributed by atoms with E-state index in [9.17, 15) is 4.79 Å². The Morgan fingerprint density at radius 1 is 1.16 bits per heavy atom. The summed E-state index contributed by atoms with van der Waals surface area (Å²) in [7, 11) is 2.21. The van der Waals surface area contributed by atoms with Crippen LogP contribution in [0, 0.1) is 0 Å². The number of quaternary nitrogens is 1. The zero-order valence-electron chi connectivity index (χ0n) is 14.3. The summed E-state index contributed by atoms with van der Waals surface area (Å²) in [6.07, 6.45) is 0. The van der Waals surface area contributed by atoms with E-state index in [1.54, 1.807) is 12.1 Å². The molecule has 3 rings (SSSR count). The number of para-hydroxylation sites is 3. The van der Waals surface area contributed by atoms with Crippen LogP contribution >= 0.6 is 11.6 Å². The van der Waals surface area contributed by atoms with Crippen molar-refractivity contribution >= 4 is 28.9 Å². The molecule has 0 radical (unpaired) electrons. The summed E-state index contributed by atoms with van der Waals surface area (Å²) in [6.45, 7) is 4.07. The molecular formula is C19H23ClN3O2+. The second-order valence-electron chi connectivity index (χ2n) is 6.23. The van der Waals surface area contributed by atoms with Gasteiger partial charge in [-0.05, 0) is 24.3 Å². The Morgan fingerprint density at radius 3 is 2.60 bits per heavy atom. The van der Waals surface area contributed by atoms with Crippen LogP contribution in [0.15, 0.2) is 48.5 Å². The van der Waals surface area contributed by atoms with E-state index in [2.05, 4.69) is 17.3 Å². The van der Waals surface area contributed by atoms with Gasteiger partial charge in [-0.1, -0.05) is 35.9 Å². The number of likely N-dealkylation sites (N-methyl/N-ethyl adjacent to an activating group) is 1. The number of nitrogens with one attached hydrogen (secondary N) is 2. The first kappa shape index (κ1) is 17.6. The van der Waals surface area contributed by atoms with Gasteiger partial charge in [0.15, 0.2) is 6.61 Å². The molecule has 5 nitrogen and oxygen atoms in total. The Labute approximate surface area is 153 Å². The van der Waals surface area contributed by atoms with Gasteiger partial charge in [0.2, 0.25) is 0 Å². The molecule has 0 saturated carbocycles. The third-order valence-corrected chi connectivity index (χ3v) is 4.64. The van der Waals surface area contributed by atoms with Crippen molar-refractivity contribution in [2.75, 3.05) is 50.1 Å². The van der Waals surface area contributed by atoms with E-state index in [0.29, 0.717) is 10.8 Å². The molecule has 1 heterocycles.